The molecule has 0 fully saturated rings. The first-order valence-corrected chi connectivity index (χ1v) is 11.4. The predicted molar refractivity (Wildman–Crippen MR) is 116 cm³/mol. The number of fused-ring (bicyclic) bond motifs is 2. The van der Waals surface area contributed by atoms with Crippen molar-refractivity contribution < 1.29 is 23.8 Å². The minimum atomic E-state index is -0.362. The minimum absolute atomic E-state index is 0.276. The highest BCUT2D eigenvalue weighted by Gasteiger charge is 2.30. The number of amides is 1. The summed E-state index contributed by atoms with van der Waals surface area (Å²) in [5.41, 5.74) is 2.03. The van der Waals surface area contributed by atoms with E-state index in [1.165, 1.54) is 16.2 Å². The summed E-state index contributed by atoms with van der Waals surface area (Å²) in [4.78, 5) is 26.9. The van der Waals surface area contributed by atoms with Crippen molar-refractivity contribution in [2.75, 3.05) is 25.1 Å². The average Bonchev–Trinajstić information content (AvgIpc) is 2.93. The number of thiophene rings is 1. The zero-order valence-corrected chi connectivity index (χ0v) is 18.2. The number of rotatable bonds is 5. The summed E-state index contributed by atoms with van der Waals surface area (Å²) >= 11 is 1.50. The van der Waals surface area contributed by atoms with E-state index in [0.717, 1.165) is 37.7 Å². The van der Waals surface area contributed by atoms with Gasteiger partial charge in [-0.05, 0) is 55.9 Å². The van der Waals surface area contributed by atoms with Crippen molar-refractivity contribution in [3.63, 3.8) is 0 Å². The molecule has 0 saturated heterocycles. The van der Waals surface area contributed by atoms with Crippen molar-refractivity contribution in [2.45, 2.75) is 46.0 Å². The van der Waals surface area contributed by atoms with Gasteiger partial charge in [-0.25, -0.2) is 4.79 Å². The summed E-state index contributed by atoms with van der Waals surface area (Å²) in [5.74, 6) is 1.20. The van der Waals surface area contributed by atoms with Gasteiger partial charge in [0.05, 0.1) is 25.4 Å². The Morgan fingerprint density at radius 3 is 2.77 bits per heavy atom. The molecule has 4 rings (SSSR count). The molecule has 2 heterocycles. The van der Waals surface area contributed by atoms with Crippen LogP contribution in [-0.2, 0) is 17.6 Å². The number of ether oxygens (including phenoxy) is 3. The SMILES string of the molecule is CCOC(=O)c1c(NC(=O)c2ccc3c(c2)OCCCO3)sc2c1CC[C@H](CC)C2. The second-order valence-electron chi connectivity index (χ2n) is 7.61. The molecule has 0 unspecified atom stereocenters. The number of carbonyl (C=O) groups is 2. The van der Waals surface area contributed by atoms with E-state index >= 15 is 0 Å². The molecule has 6 nitrogen and oxygen atoms in total. The Labute approximate surface area is 180 Å². The molecule has 0 radical (unpaired) electrons. The summed E-state index contributed by atoms with van der Waals surface area (Å²) in [6.07, 6.45) is 4.77. The standard InChI is InChI=1S/C23H27NO5S/c1-3-14-6-8-16-19(12-14)30-22(20(16)23(26)27-4-2)24-21(25)15-7-9-17-18(13-15)29-11-5-10-28-17/h7,9,13-14H,3-6,8,10-12H2,1-2H3,(H,24,25)/t14-/m0/s1. The van der Waals surface area contributed by atoms with Crippen molar-refractivity contribution in [1.82, 2.24) is 0 Å². The van der Waals surface area contributed by atoms with Gasteiger partial charge in [-0.2, -0.15) is 0 Å². The first-order valence-electron chi connectivity index (χ1n) is 10.6. The molecular formula is C23H27NO5S. The fraction of sp³-hybridized carbons (Fsp3) is 0.478. The van der Waals surface area contributed by atoms with Gasteiger partial charge in [0, 0.05) is 16.9 Å². The number of hydrogen-bond donors (Lipinski definition) is 1. The lowest BCUT2D eigenvalue weighted by Gasteiger charge is -2.20. The van der Waals surface area contributed by atoms with E-state index < -0.39 is 0 Å². The van der Waals surface area contributed by atoms with Gasteiger partial charge in [0.15, 0.2) is 11.5 Å². The maximum absolute atomic E-state index is 13.0. The molecule has 0 bridgehead atoms. The summed E-state index contributed by atoms with van der Waals surface area (Å²) in [6.45, 7) is 5.45. The smallest absolute Gasteiger partial charge is 0.341 e. The molecule has 1 atom stereocenters. The fourth-order valence-electron chi connectivity index (χ4n) is 3.99. The van der Waals surface area contributed by atoms with Crippen LogP contribution in [0.1, 0.15) is 64.3 Å². The first-order chi connectivity index (χ1) is 14.6. The molecule has 1 aromatic carbocycles. The summed E-state index contributed by atoms with van der Waals surface area (Å²) in [5, 5.41) is 3.54. The van der Waals surface area contributed by atoms with Crippen LogP contribution in [0.2, 0.25) is 0 Å². The lowest BCUT2D eigenvalue weighted by atomic mass is 9.85. The highest BCUT2D eigenvalue weighted by atomic mass is 32.1. The third-order valence-corrected chi connectivity index (χ3v) is 6.83. The second kappa shape index (κ2) is 9.08. The maximum atomic E-state index is 13.0. The zero-order chi connectivity index (χ0) is 21.1. The number of anilines is 1. The van der Waals surface area contributed by atoms with E-state index in [-0.39, 0.29) is 11.9 Å². The molecule has 2 aliphatic rings. The Bertz CT molecular complexity index is 951. The Balaban J connectivity index is 1.62. The summed E-state index contributed by atoms with van der Waals surface area (Å²) in [7, 11) is 0. The van der Waals surface area contributed by atoms with Gasteiger partial charge in [0.1, 0.15) is 5.00 Å². The normalized spacial score (nSPS) is 17.6. The Hall–Kier alpha value is -2.54. The third kappa shape index (κ3) is 4.17. The van der Waals surface area contributed by atoms with Crippen LogP contribution in [0.5, 0.6) is 11.5 Å². The minimum Gasteiger partial charge on any atom is -0.490 e. The highest BCUT2D eigenvalue weighted by molar-refractivity contribution is 7.17. The van der Waals surface area contributed by atoms with Crippen LogP contribution >= 0.6 is 11.3 Å². The van der Waals surface area contributed by atoms with Crippen LogP contribution in [0, 0.1) is 5.92 Å². The molecule has 7 heteroatoms. The number of benzene rings is 1. The van der Waals surface area contributed by atoms with E-state index in [4.69, 9.17) is 14.2 Å². The van der Waals surface area contributed by atoms with Crippen molar-refractivity contribution in [3.8, 4) is 11.5 Å². The fourth-order valence-corrected chi connectivity index (χ4v) is 5.33. The summed E-state index contributed by atoms with van der Waals surface area (Å²) < 4.78 is 16.6. The quantitative estimate of drug-likeness (QED) is 0.688. The van der Waals surface area contributed by atoms with Crippen LogP contribution in [0.4, 0.5) is 5.00 Å². The van der Waals surface area contributed by atoms with Crippen LogP contribution < -0.4 is 14.8 Å². The van der Waals surface area contributed by atoms with Crippen molar-refractivity contribution in [3.05, 3.63) is 39.8 Å². The molecule has 30 heavy (non-hydrogen) atoms. The topological polar surface area (TPSA) is 73.9 Å². The number of nitrogens with one attached hydrogen (secondary N) is 1. The van der Waals surface area contributed by atoms with Gasteiger partial charge < -0.3 is 19.5 Å². The van der Waals surface area contributed by atoms with Crippen molar-refractivity contribution in [2.24, 2.45) is 5.92 Å². The molecule has 1 aliphatic heterocycles. The van der Waals surface area contributed by atoms with Crippen LogP contribution in [0.15, 0.2) is 18.2 Å². The van der Waals surface area contributed by atoms with Gasteiger partial charge in [0.2, 0.25) is 0 Å². The van der Waals surface area contributed by atoms with Crippen LogP contribution in [0.25, 0.3) is 0 Å². The largest absolute Gasteiger partial charge is 0.490 e. The molecular weight excluding hydrogens is 402 g/mol. The zero-order valence-electron chi connectivity index (χ0n) is 17.4. The Morgan fingerprint density at radius 2 is 2.00 bits per heavy atom. The molecule has 1 N–H and O–H groups in total. The number of hydrogen-bond acceptors (Lipinski definition) is 6. The van der Waals surface area contributed by atoms with Gasteiger partial charge >= 0.3 is 5.97 Å². The van der Waals surface area contributed by atoms with Gasteiger partial charge in [-0.1, -0.05) is 13.3 Å². The van der Waals surface area contributed by atoms with E-state index in [0.29, 0.717) is 53.4 Å². The molecule has 0 spiro atoms. The van der Waals surface area contributed by atoms with Crippen molar-refractivity contribution in [1.29, 1.82) is 0 Å². The lowest BCUT2D eigenvalue weighted by Crippen LogP contribution is -2.17. The van der Waals surface area contributed by atoms with Crippen LogP contribution in [0.3, 0.4) is 0 Å². The van der Waals surface area contributed by atoms with E-state index in [1.54, 1.807) is 25.1 Å². The molecule has 1 aromatic heterocycles. The molecule has 160 valence electrons. The van der Waals surface area contributed by atoms with Gasteiger partial charge in [0.25, 0.3) is 5.91 Å². The van der Waals surface area contributed by atoms with E-state index in [2.05, 4.69) is 12.2 Å². The molecule has 0 saturated carbocycles. The average molecular weight is 430 g/mol. The van der Waals surface area contributed by atoms with E-state index in [9.17, 15) is 9.59 Å². The van der Waals surface area contributed by atoms with E-state index in [1.807, 2.05) is 0 Å². The Kier molecular flexibility index (Phi) is 6.27. The number of esters is 1. The third-order valence-electron chi connectivity index (χ3n) is 5.66. The first kappa shape index (κ1) is 20.7. The molecule has 1 aliphatic carbocycles. The highest BCUT2D eigenvalue weighted by Crippen LogP contribution is 2.41. The molecule has 2 aromatic rings. The van der Waals surface area contributed by atoms with Crippen molar-refractivity contribution >= 4 is 28.2 Å². The number of carbonyl (C=O) groups excluding carboxylic acids is 2. The monoisotopic (exact) mass is 429 g/mol. The lowest BCUT2D eigenvalue weighted by molar-refractivity contribution is 0.0526. The van der Waals surface area contributed by atoms with Gasteiger partial charge in [-0.3, -0.25) is 4.79 Å². The second-order valence-corrected chi connectivity index (χ2v) is 8.72. The predicted octanol–water partition coefficient (Wildman–Crippen LogP) is 4.85. The summed E-state index contributed by atoms with van der Waals surface area (Å²) in [6, 6.07) is 5.17. The van der Waals surface area contributed by atoms with Gasteiger partial charge in [-0.15, -0.1) is 11.3 Å². The molecule has 1 amide bonds. The maximum Gasteiger partial charge on any atom is 0.341 e. The van der Waals surface area contributed by atoms with Crippen LogP contribution in [-0.4, -0.2) is 31.7 Å². The Morgan fingerprint density at radius 1 is 1.20 bits per heavy atom.